The average Bonchev–Trinajstić information content (AvgIpc) is 2.72. The van der Waals surface area contributed by atoms with Crippen molar-refractivity contribution in [3.05, 3.63) is 71.8 Å². The number of aliphatic carboxylic acids is 2. The monoisotopic (exact) mass is 699 g/mol. The van der Waals surface area contributed by atoms with E-state index < -0.39 is 49.4 Å². The fourth-order valence-electron chi connectivity index (χ4n) is 2.68. The second kappa shape index (κ2) is 19.6. The van der Waals surface area contributed by atoms with E-state index in [1.54, 1.807) is 36.4 Å². The molecule has 191 valence electrons. The third-order valence-electron chi connectivity index (χ3n) is 3.46. The fourth-order valence-corrected chi connectivity index (χ4v) is 13.0. The molecule has 2 aromatic carbocycles. The Bertz CT molecular complexity index is 889. The van der Waals surface area contributed by atoms with Crippen LogP contribution in [0.25, 0.3) is 0 Å². The summed E-state index contributed by atoms with van der Waals surface area (Å²) in [5.41, 5.74) is 0.417. The van der Waals surface area contributed by atoms with Gasteiger partial charge in [-0.3, -0.25) is 9.59 Å². The van der Waals surface area contributed by atoms with Crippen LogP contribution in [-0.2, 0) is 83.2 Å². The first kappa shape index (κ1) is 40.0. The number of rotatable bonds is 8. The Morgan fingerprint density at radius 2 is 0.972 bits per heavy atom. The standard InChI is InChI=1S/2C8H6O3.C7H21O2Si3.2Y/c2*9-7(8(10)11)6-4-2-1-3-5-6;1-10(2)8-12(6,7)9-11(3,4)5;;/h2*1-5H,(H,10,11);1-7H3;;. The van der Waals surface area contributed by atoms with Gasteiger partial charge in [0.15, 0.2) is 17.4 Å². The number of benzene rings is 2. The van der Waals surface area contributed by atoms with E-state index in [-0.39, 0.29) is 76.5 Å². The molecule has 0 heterocycles. The first-order chi connectivity index (χ1) is 15.6. The molecule has 0 unspecified atom stereocenters. The number of ketones is 2. The maximum atomic E-state index is 10.7. The minimum atomic E-state index is -1.79. The summed E-state index contributed by atoms with van der Waals surface area (Å²) in [6.45, 7) is 15.2. The zero-order valence-corrected chi connectivity index (χ0v) is 30.4. The van der Waals surface area contributed by atoms with Crippen LogP contribution in [0.3, 0.4) is 0 Å². The molecule has 0 saturated heterocycles. The summed E-state index contributed by atoms with van der Waals surface area (Å²) in [6, 6.07) is 15.8. The van der Waals surface area contributed by atoms with Gasteiger partial charge in [-0.25, -0.2) is 9.59 Å². The quantitative estimate of drug-likeness (QED) is 0.231. The van der Waals surface area contributed by atoms with Crippen molar-refractivity contribution in [2.24, 2.45) is 0 Å². The van der Waals surface area contributed by atoms with Gasteiger partial charge in [0, 0.05) is 76.5 Å². The Balaban J connectivity index is -0.000000442. The van der Waals surface area contributed by atoms with Crippen LogP contribution in [0.2, 0.25) is 45.8 Å². The van der Waals surface area contributed by atoms with Gasteiger partial charge >= 0.3 is 20.5 Å². The number of hydrogen-bond donors (Lipinski definition) is 2. The summed E-state index contributed by atoms with van der Waals surface area (Å²) >= 11 is 0. The second-order valence-corrected chi connectivity index (χ2v) is 19.1. The van der Waals surface area contributed by atoms with E-state index >= 15 is 0 Å². The van der Waals surface area contributed by atoms with Crippen LogP contribution in [0.5, 0.6) is 0 Å². The Hall–Kier alpha value is -0.502. The van der Waals surface area contributed by atoms with Crippen molar-refractivity contribution in [1.82, 2.24) is 0 Å². The van der Waals surface area contributed by atoms with Gasteiger partial charge in [-0.1, -0.05) is 60.7 Å². The van der Waals surface area contributed by atoms with Crippen LogP contribution in [0.4, 0.5) is 0 Å². The molecule has 2 rings (SSSR count). The first-order valence-corrected chi connectivity index (χ1v) is 19.0. The van der Waals surface area contributed by atoms with Crippen molar-refractivity contribution in [2.45, 2.75) is 45.8 Å². The molecule has 0 aliphatic heterocycles. The van der Waals surface area contributed by atoms with Gasteiger partial charge in [-0.2, -0.15) is 0 Å². The van der Waals surface area contributed by atoms with Crippen molar-refractivity contribution < 1.29 is 103 Å². The average molecular weight is 700 g/mol. The predicted octanol–water partition coefficient (Wildman–Crippen LogP) is 4.71. The van der Waals surface area contributed by atoms with E-state index in [9.17, 15) is 19.2 Å². The molecular formula is C23H33O8Si3Y2. The molecule has 13 heteroatoms. The summed E-state index contributed by atoms with van der Waals surface area (Å²) in [5.74, 6) is -4.58. The molecular weight excluding hydrogens is 666 g/mol. The number of carbonyl (C=O) groups is 4. The minimum absolute atomic E-state index is 0. The second-order valence-electron chi connectivity index (χ2n) is 8.63. The number of carbonyl (C=O) groups excluding carboxylic acids is 2. The Morgan fingerprint density at radius 3 is 1.19 bits per heavy atom. The number of carboxylic acid groups (broad SMARTS) is 2. The molecule has 0 bridgehead atoms. The van der Waals surface area contributed by atoms with Crippen molar-refractivity contribution in [2.75, 3.05) is 0 Å². The summed E-state index contributed by atoms with van der Waals surface area (Å²) in [4.78, 5) is 41.8. The molecule has 0 spiro atoms. The molecule has 0 saturated carbocycles. The van der Waals surface area contributed by atoms with E-state index in [0.29, 0.717) is 0 Å². The molecule has 0 aliphatic carbocycles. The molecule has 36 heavy (non-hydrogen) atoms. The largest absolute Gasteiger partial charge is 0.475 e. The summed E-state index contributed by atoms with van der Waals surface area (Å²) in [5, 5.41) is 16.6. The Morgan fingerprint density at radius 1 is 0.667 bits per heavy atom. The SMILES string of the molecule is C[Si](C)O[Si](C)(C)O[Si](C)(C)C.O=C(O)C(=O)c1ccccc1.O=C(O)C(=O)c1ccccc1.[Y].[Y]. The van der Waals surface area contributed by atoms with Gasteiger partial charge in [-0.05, 0) is 45.8 Å². The van der Waals surface area contributed by atoms with Crippen LogP contribution in [0, 0.1) is 0 Å². The van der Waals surface area contributed by atoms with E-state index in [4.69, 9.17) is 18.4 Å². The fraction of sp³-hybridized carbons (Fsp3) is 0.304. The molecule has 2 N–H and O–H groups in total. The predicted molar refractivity (Wildman–Crippen MR) is 137 cm³/mol. The molecule has 3 radical (unpaired) electrons. The molecule has 2 aromatic rings. The van der Waals surface area contributed by atoms with E-state index in [1.807, 2.05) is 0 Å². The number of hydrogen-bond acceptors (Lipinski definition) is 6. The zero-order chi connectivity index (χ0) is 26.5. The van der Waals surface area contributed by atoms with E-state index in [2.05, 4.69) is 45.8 Å². The van der Waals surface area contributed by atoms with Crippen LogP contribution in [0.15, 0.2) is 60.7 Å². The normalized spacial score (nSPS) is 10.2. The van der Waals surface area contributed by atoms with Crippen molar-refractivity contribution in [3.8, 4) is 0 Å². The minimum Gasteiger partial charge on any atom is -0.475 e. The van der Waals surface area contributed by atoms with Crippen LogP contribution < -0.4 is 0 Å². The van der Waals surface area contributed by atoms with Gasteiger partial charge in [0.1, 0.15) is 0 Å². The van der Waals surface area contributed by atoms with Crippen molar-refractivity contribution >= 4 is 49.4 Å². The summed E-state index contributed by atoms with van der Waals surface area (Å²) in [7, 11) is -3.81. The van der Waals surface area contributed by atoms with Gasteiger partial charge in [0.2, 0.25) is 0 Å². The molecule has 0 amide bonds. The van der Waals surface area contributed by atoms with Gasteiger partial charge in [-0.15, -0.1) is 0 Å². The third-order valence-corrected chi connectivity index (χ3v) is 11.5. The van der Waals surface area contributed by atoms with Gasteiger partial charge in [0.05, 0.1) is 0 Å². The molecule has 0 fully saturated rings. The summed E-state index contributed by atoms with van der Waals surface area (Å²) in [6.07, 6.45) is 0. The topological polar surface area (TPSA) is 127 Å². The third kappa shape index (κ3) is 19.6. The summed E-state index contributed by atoms with van der Waals surface area (Å²) < 4.78 is 11.9. The van der Waals surface area contributed by atoms with E-state index in [0.717, 1.165) is 0 Å². The number of Topliss-reactive ketones (excluding diaryl/α,β-unsaturated/α-hetero) is 2. The first-order valence-electron chi connectivity index (χ1n) is 10.4. The zero-order valence-electron chi connectivity index (χ0n) is 21.8. The molecule has 0 atom stereocenters. The van der Waals surface area contributed by atoms with Crippen molar-refractivity contribution in [1.29, 1.82) is 0 Å². The molecule has 8 nitrogen and oxygen atoms in total. The Labute approximate surface area is 267 Å². The smallest absolute Gasteiger partial charge is 0.377 e. The van der Waals surface area contributed by atoms with Crippen molar-refractivity contribution in [3.63, 3.8) is 0 Å². The molecule has 0 aliphatic rings. The van der Waals surface area contributed by atoms with Gasteiger partial charge in [0.25, 0.3) is 11.6 Å². The maximum Gasteiger partial charge on any atom is 0.377 e. The van der Waals surface area contributed by atoms with Crippen LogP contribution in [0.1, 0.15) is 20.7 Å². The van der Waals surface area contributed by atoms with Crippen LogP contribution in [-0.4, -0.2) is 59.6 Å². The number of carboxylic acids is 2. The molecule has 0 aromatic heterocycles. The van der Waals surface area contributed by atoms with E-state index in [1.165, 1.54) is 24.3 Å². The van der Waals surface area contributed by atoms with Gasteiger partial charge < -0.3 is 18.4 Å². The maximum absolute atomic E-state index is 10.7. The Kier molecular flexibility index (Phi) is 21.7. The van der Waals surface area contributed by atoms with Crippen LogP contribution >= 0.6 is 0 Å².